The lowest BCUT2D eigenvalue weighted by Crippen LogP contribution is -2.26. The molecule has 0 saturated carbocycles. The standard InChI is InChI=1S/C21H16ClF3N2O3S/c1-27(31(29,30)19-12-6-16(22)7-13-19)18-10-2-14(3-11-18)20(28)26-17-8-4-15(5-9-17)21(23,24)25/h2-13H,1H3,(H,26,28). The molecule has 0 aliphatic heterocycles. The van der Waals surface area contributed by atoms with Gasteiger partial charge in [0.15, 0.2) is 0 Å². The molecule has 0 aliphatic rings. The summed E-state index contributed by atoms with van der Waals surface area (Å²) in [6, 6.07) is 15.5. The molecule has 0 fully saturated rings. The summed E-state index contributed by atoms with van der Waals surface area (Å²) in [5.74, 6) is -0.547. The van der Waals surface area contributed by atoms with E-state index in [1.54, 1.807) is 0 Å². The van der Waals surface area contributed by atoms with E-state index in [-0.39, 0.29) is 16.1 Å². The van der Waals surface area contributed by atoms with Crippen molar-refractivity contribution in [3.63, 3.8) is 0 Å². The fourth-order valence-electron chi connectivity index (χ4n) is 2.67. The number of sulfonamides is 1. The zero-order chi connectivity index (χ0) is 22.8. The molecule has 0 saturated heterocycles. The predicted octanol–water partition coefficient (Wildman–Crippen LogP) is 5.44. The molecule has 0 bridgehead atoms. The van der Waals surface area contributed by atoms with Gasteiger partial charge in [-0.15, -0.1) is 0 Å². The fourth-order valence-corrected chi connectivity index (χ4v) is 3.99. The number of halogens is 4. The van der Waals surface area contributed by atoms with Crippen LogP contribution in [0.3, 0.4) is 0 Å². The van der Waals surface area contributed by atoms with Gasteiger partial charge in [0.05, 0.1) is 16.1 Å². The van der Waals surface area contributed by atoms with Crippen molar-refractivity contribution in [2.75, 3.05) is 16.7 Å². The number of hydrogen-bond donors (Lipinski definition) is 1. The first kappa shape index (κ1) is 22.6. The van der Waals surface area contributed by atoms with E-state index in [0.29, 0.717) is 10.7 Å². The number of alkyl halides is 3. The second-order valence-corrected chi connectivity index (χ2v) is 8.91. The molecule has 0 radical (unpaired) electrons. The summed E-state index contributed by atoms with van der Waals surface area (Å²) in [6.07, 6.45) is -4.46. The molecule has 10 heteroatoms. The van der Waals surface area contributed by atoms with E-state index >= 15 is 0 Å². The molecule has 3 aromatic rings. The number of carbonyl (C=O) groups excluding carboxylic acids is 1. The average molecular weight is 469 g/mol. The van der Waals surface area contributed by atoms with Crippen LogP contribution in [-0.4, -0.2) is 21.4 Å². The van der Waals surface area contributed by atoms with Crippen LogP contribution in [0.1, 0.15) is 15.9 Å². The summed E-state index contributed by atoms with van der Waals surface area (Å²) < 4.78 is 64.4. The van der Waals surface area contributed by atoms with Gasteiger partial charge in [-0.05, 0) is 72.8 Å². The van der Waals surface area contributed by atoms with Gasteiger partial charge < -0.3 is 5.32 Å². The third kappa shape index (κ3) is 5.18. The number of nitrogens with one attached hydrogen (secondary N) is 1. The Morgan fingerprint density at radius 2 is 1.45 bits per heavy atom. The topological polar surface area (TPSA) is 66.5 Å². The van der Waals surface area contributed by atoms with Crippen LogP contribution in [0.4, 0.5) is 24.5 Å². The molecular formula is C21H16ClF3N2O3S. The van der Waals surface area contributed by atoms with Gasteiger partial charge in [0.1, 0.15) is 0 Å². The Bertz CT molecular complexity index is 1180. The number of nitrogens with zero attached hydrogens (tertiary/aromatic N) is 1. The van der Waals surface area contributed by atoms with Crippen LogP contribution < -0.4 is 9.62 Å². The molecule has 1 N–H and O–H groups in total. The molecule has 0 aliphatic carbocycles. The predicted molar refractivity (Wildman–Crippen MR) is 113 cm³/mol. The van der Waals surface area contributed by atoms with Gasteiger partial charge in [-0.25, -0.2) is 8.42 Å². The van der Waals surface area contributed by atoms with Crippen molar-refractivity contribution >= 4 is 38.9 Å². The molecular weight excluding hydrogens is 453 g/mol. The number of hydrogen-bond acceptors (Lipinski definition) is 3. The third-order valence-corrected chi connectivity index (χ3v) is 6.49. The second kappa shape index (κ2) is 8.60. The number of amides is 1. The molecule has 3 rings (SSSR count). The summed E-state index contributed by atoms with van der Waals surface area (Å²) >= 11 is 5.79. The van der Waals surface area contributed by atoms with Crippen LogP contribution >= 0.6 is 11.6 Å². The molecule has 5 nitrogen and oxygen atoms in total. The Kier molecular flexibility index (Phi) is 6.28. The van der Waals surface area contributed by atoms with Crippen molar-refractivity contribution < 1.29 is 26.4 Å². The quantitative estimate of drug-likeness (QED) is 0.542. The van der Waals surface area contributed by atoms with Crippen LogP contribution in [0.5, 0.6) is 0 Å². The van der Waals surface area contributed by atoms with Crippen molar-refractivity contribution in [2.24, 2.45) is 0 Å². The van der Waals surface area contributed by atoms with Crippen LogP contribution in [0.15, 0.2) is 77.7 Å². The number of rotatable bonds is 5. The fraction of sp³-hybridized carbons (Fsp3) is 0.0952. The van der Waals surface area contributed by atoms with E-state index < -0.39 is 27.7 Å². The van der Waals surface area contributed by atoms with Crippen LogP contribution in [0.25, 0.3) is 0 Å². The van der Waals surface area contributed by atoms with Crippen molar-refractivity contribution in [3.8, 4) is 0 Å². The molecule has 3 aromatic carbocycles. The highest BCUT2D eigenvalue weighted by molar-refractivity contribution is 7.92. The second-order valence-electron chi connectivity index (χ2n) is 6.50. The molecule has 162 valence electrons. The molecule has 0 atom stereocenters. The largest absolute Gasteiger partial charge is 0.416 e. The maximum Gasteiger partial charge on any atom is 0.416 e. The van der Waals surface area contributed by atoms with Crippen LogP contribution in [0.2, 0.25) is 5.02 Å². The molecule has 31 heavy (non-hydrogen) atoms. The third-order valence-electron chi connectivity index (χ3n) is 4.44. The molecule has 0 aromatic heterocycles. The summed E-state index contributed by atoms with van der Waals surface area (Å²) in [4.78, 5) is 12.4. The van der Waals surface area contributed by atoms with Gasteiger partial charge >= 0.3 is 6.18 Å². The molecule has 0 heterocycles. The smallest absolute Gasteiger partial charge is 0.322 e. The maximum atomic E-state index is 12.7. The Labute approximate surface area is 182 Å². The summed E-state index contributed by atoms with van der Waals surface area (Å²) in [5, 5.41) is 2.90. The van der Waals surface area contributed by atoms with Crippen LogP contribution in [0, 0.1) is 0 Å². The van der Waals surface area contributed by atoms with Crippen LogP contribution in [-0.2, 0) is 16.2 Å². The van der Waals surface area contributed by atoms with Crippen molar-refractivity contribution in [3.05, 3.63) is 88.9 Å². The lowest BCUT2D eigenvalue weighted by Gasteiger charge is -2.20. The Balaban J connectivity index is 1.73. The monoisotopic (exact) mass is 468 g/mol. The molecule has 0 spiro atoms. The Morgan fingerprint density at radius 1 is 0.903 bits per heavy atom. The molecule has 0 unspecified atom stereocenters. The van der Waals surface area contributed by atoms with E-state index in [1.807, 2.05) is 0 Å². The maximum absolute atomic E-state index is 12.7. The van der Waals surface area contributed by atoms with Crippen molar-refractivity contribution in [1.82, 2.24) is 0 Å². The number of anilines is 2. The first-order valence-electron chi connectivity index (χ1n) is 8.82. The van der Waals surface area contributed by atoms with Gasteiger partial charge in [-0.1, -0.05) is 11.6 Å². The van der Waals surface area contributed by atoms with Crippen molar-refractivity contribution in [2.45, 2.75) is 11.1 Å². The highest BCUT2D eigenvalue weighted by atomic mass is 35.5. The summed E-state index contributed by atoms with van der Waals surface area (Å²) in [5.41, 5.74) is -0.0914. The van der Waals surface area contributed by atoms with Gasteiger partial charge in [0.25, 0.3) is 15.9 Å². The zero-order valence-electron chi connectivity index (χ0n) is 16.0. The first-order valence-corrected chi connectivity index (χ1v) is 10.6. The molecule has 1 amide bonds. The Hall–Kier alpha value is -3.04. The SMILES string of the molecule is CN(c1ccc(C(=O)Nc2ccc(C(F)(F)F)cc2)cc1)S(=O)(=O)c1ccc(Cl)cc1. The summed E-state index contributed by atoms with van der Waals surface area (Å²) in [6.45, 7) is 0. The summed E-state index contributed by atoms with van der Waals surface area (Å²) in [7, 11) is -2.45. The number of carbonyl (C=O) groups is 1. The first-order chi connectivity index (χ1) is 14.5. The highest BCUT2D eigenvalue weighted by Gasteiger charge is 2.30. The van der Waals surface area contributed by atoms with Gasteiger partial charge in [-0.2, -0.15) is 13.2 Å². The lowest BCUT2D eigenvalue weighted by molar-refractivity contribution is -0.137. The number of benzene rings is 3. The minimum Gasteiger partial charge on any atom is -0.322 e. The normalized spacial score (nSPS) is 11.8. The van der Waals surface area contributed by atoms with E-state index in [9.17, 15) is 26.4 Å². The van der Waals surface area contributed by atoms with Crippen molar-refractivity contribution in [1.29, 1.82) is 0 Å². The average Bonchev–Trinajstić information content (AvgIpc) is 2.73. The van der Waals surface area contributed by atoms with E-state index in [0.717, 1.165) is 28.6 Å². The van der Waals surface area contributed by atoms with Gasteiger partial charge in [0, 0.05) is 23.3 Å². The van der Waals surface area contributed by atoms with E-state index in [4.69, 9.17) is 11.6 Å². The zero-order valence-corrected chi connectivity index (χ0v) is 17.6. The minimum absolute atomic E-state index is 0.0588. The van der Waals surface area contributed by atoms with E-state index in [1.165, 1.54) is 55.6 Å². The lowest BCUT2D eigenvalue weighted by atomic mass is 10.1. The van der Waals surface area contributed by atoms with Gasteiger partial charge in [0.2, 0.25) is 0 Å². The van der Waals surface area contributed by atoms with E-state index in [2.05, 4.69) is 5.32 Å². The minimum atomic E-state index is -4.46. The Morgan fingerprint density at radius 3 is 1.97 bits per heavy atom. The highest BCUT2D eigenvalue weighted by Crippen LogP contribution is 2.30. The van der Waals surface area contributed by atoms with Gasteiger partial charge in [-0.3, -0.25) is 9.10 Å².